The van der Waals surface area contributed by atoms with Gasteiger partial charge in [0.05, 0.1) is 36.0 Å². The number of halogens is 1. The van der Waals surface area contributed by atoms with Crippen LogP contribution in [0.4, 0.5) is 0 Å². The molecule has 2 N–H and O–H groups in total. The molecule has 0 saturated carbocycles. The van der Waals surface area contributed by atoms with E-state index < -0.39 is 0 Å². The number of amides is 1. The van der Waals surface area contributed by atoms with Crippen LogP contribution in [0.25, 0.3) is 0 Å². The number of ether oxygens (including phenoxy) is 1. The van der Waals surface area contributed by atoms with Gasteiger partial charge in [-0.2, -0.15) is 5.10 Å². The van der Waals surface area contributed by atoms with Gasteiger partial charge in [0.1, 0.15) is 0 Å². The zero-order valence-corrected chi connectivity index (χ0v) is 12.9. The van der Waals surface area contributed by atoms with Gasteiger partial charge in [0.25, 0.3) is 5.91 Å². The number of hydrogen-bond acceptors (Lipinski definition) is 4. The van der Waals surface area contributed by atoms with Crippen LogP contribution in [0.1, 0.15) is 35.4 Å². The number of likely N-dealkylation sites (tertiary alicyclic amines) is 1. The molecule has 2 aliphatic rings. The number of rotatable bonds is 3. The highest BCUT2D eigenvalue weighted by atomic mass is 35.5. The molecule has 2 saturated heterocycles. The molecular formula is C14H21ClN4O2. The highest BCUT2D eigenvalue weighted by molar-refractivity contribution is 6.34. The molecule has 2 atom stereocenters. The second-order valence-electron chi connectivity index (χ2n) is 5.79. The fourth-order valence-electron chi connectivity index (χ4n) is 3.09. The third kappa shape index (κ3) is 3.07. The van der Waals surface area contributed by atoms with Crippen LogP contribution in [-0.4, -0.2) is 59.4 Å². The van der Waals surface area contributed by atoms with E-state index in [1.165, 1.54) is 19.3 Å². The van der Waals surface area contributed by atoms with Crippen molar-refractivity contribution in [2.45, 2.75) is 38.3 Å². The average molecular weight is 313 g/mol. The summed E-state index contributed by atoms with van der Waals surface area (Å²) in [7, 11) is 0. The van der Waals surface area contributed by atoms with Gasteiger partial charge in [0.2, 0.25) is 0 Å². The Hall–Kier alpha value is -1.11. The number of nitrogens with one attached hydrogen (secondary N) is 2. The van der Waals surface area contributed by atoms with Gasteiger partial charge in [-0.1, -0.05) is 18.0 Å². The number of nitrogens with zero attached hydrogens (tertiary/aromatic N) is 2. The van der Waals surface area contributed by atoms with E-state index in [1.54, 1.807) is 6.92 Å². The molecule has 7 heteroatoms. The predicted molar refractivity (Wildman–Crippen MR) is 79.6 cm³/mol. The number of H-pyrrole nitrogens is 1. The molecule has 3 rings (SSSR count). The molecule has 3 heterocycles. The van der Waals surface area contributed by atoms with Gasteiger partial charge in [0, 0.05) is 0 Å². The molecule has 2 aliphatic heterocycles. The van der Waals surface area contributed by atoms with Crippen molar-refractivity contribution >= 4 is 17.5 Å². The molecule has 1 aromatic rings. The van der Waals surface area contributed by atoms with Crippen LogP contribution < -0.4 is 5.32 Å². The summed E-state index contributed by atoms with van der Waals surface area (Å²) >= 11 is 6.08. The Labute approximate surface area is 129 Å². The van der Waals surface area contributed by atoms with Crippen LogP contribution in [0.5, 0.6) is 0 Å². The second-order valence-corrected chi connectivity index (χ2v) is 6.17. The molecule has 0 bridgehead atoms. The van der Waals surface area contributed by atoms with Crippen molar-refractivity contribution in [3.63, 3.8) is 0 Å². The number of carbonyl (C=O) groups is 1. The van der Waals surface area contributed by atoms with Gasteiger partial charge < -0.3 is 10.1 Å². The van der Waals surface area contributed by atoms with Crippen LogP contribution in [0.3, 0.4) is 0 Å². The zero-order valence-electron chi connectivity index (χ0n) is 12.2. The van der Waals surface area contributed by atoms with Gasteiger partial charge in [-0.3, -0.25) is 14.8 Å². The van der Waals surface area contributed by atoms with Crippen LogP contribution in [-0.2, 0) is 4.74 Å². The molecule has 0 spiro atoms. The Morgan fingerprint density at radius 2 is 2.14 bits per heavy atom. The monoisotopic (exact) mass is 312 g/mol. The Morgan fingerprint density at radius 1 is 1.38 bits per heavy atom. The first-order valence-corrected chi connectivity index (χ1v) is 7.87. The minimum atomic E-state index is -0.234. The third-order valence-electron chi connectivity index (χ3n) is 4.31. The Morgan fingerprint density at radius 3 is 2.81 bits per heavy atom. The van der Waals surface area contributed by atoms with E-state index in [0.29, 0.717) is 23.9 Å². The maximum atomic E-state index is 12.3. The molecule has 2 fully saturated rings. The lowest BCUT2D eigenvalue weighted by Gasteiger charge is -2.34. The molecule has 21 heavy (non-hydrogen) atoms. The largest absolute Gasteiger partial charge is 0.378 e. The first kappa shape index (κ1) is 14.8. The van der Waals surface area contributed by atoms with Gasteiger partial charge in [-0.05, 0) is 32.9 Å². The lowest BCUT2D eigenvalue weighted by molar-refractivity contribution is 0.0895. The molecule has 116 valence electrons. The molecular weight excluding hydrogens is 292 g/mol. The van der Waals surface area contributed by atoms with E-state index in [1.807, 2.05) is 0 Å². The fraction of sp³-hybridized carbons (Fsp3) is 0.714. The Bertz CT molecular complexity index is 513. The normalized spacial score (nSPS) is 27.0. The Kier molecular flexibility index (Phi) is 4.47. The lowest BCUT2D eigenvalue weighted by atomic mass is 10.0. The first-order valence-electron chi connectivity index (χ1n) is 7.50. The second kappa shape index (κ2) is 6.34. The molecule has 1 aromatic heterocycles. The predicted octanol–water partition coefficient (Wildman–Crippen LogP) is 1.35. The van der Waals surface area contributed by atoms with E-state index in [-0.39, 0.29) is 23.7 Å². The van der Waals surface area contributed by atoms with Gasteiger partial charge in [-0.15, -0.1) is 0 Å². The molecule has 0 aromatic carbocycles. The van der Waals surface area contributed by atoms with Crippen molar-refractivity contribution in [2.24, 2.45) is 0 Å². The van der Waals surface area contributed by atoms with E-state index >= 15 is 0 Å². The molecule has 0 unspecified atom stereocenters. The van der Waals surface area contributed by atoms with Crippen LogP contribution >= 0.6 is 11.6 Å². The summed E-state index contributed by atoms with van der Waals surface area (Å²) in [6, 6.07) is 0.261. The summed E-state index contributed by atoms with van der Waals surface area (Å²) in [5.41, 5.74) is 0.968. The van der Waals surface area contributed by atoms with Crippen molar-refractivity contribution in [3.05, 3.63) is 16.4 Å². The Balaban J connectivity index is 1.65. The minimum absolute atomic E-state index is 0.00340. The van der Waals surface area contributed by atoms with Crippen molar-refractivity contribution < 1.29 is 9.53 Å². The van der Waals surface area contributed by atoms with Crippen LogP contribution in [0, 0.1) is 6.92 Å². The van der Waals surface area contributed by atoms with E-state index in [9.17, 15) is 4.79 Å². The molecule has 0 radical (unpaired) electrons. The average Bonchev–Trinajstić information content (AvgIpc) is 3.08. The van der Waals surface area contributed by atoms with Gasteiger partial charge in [0.15, 0.2) is 5.69 Å². The third-order valence-corrected chi connectivity index (χ3v) is 4.78. The summed E-state index contributed by atoms with van der Waals surface area (Å²) in [4.78, 5) is 14.7. The molecule has 1 amide bonds. The zero-order chi connectivity index (χ0) is 14.8. The number of carbonyl (C=O) groups excluding carboxylic acids is 1. The lowest BCUT2D eigenvalue weighted by Crippen LogP contribution is -2.52. The number of aromatic nitrogens is 2. The van der Waals surface area contributed by atoms with Crippen molar-refractivity contribution in [1.82, 2.24) is 20.4 Å². The summed E-state index contributed by atoms with van der Waals surface area (Å²) in [5.74, 6) is -0.234. The van der Waals surface area contributed by atoms with Gasteiger partial charge >= 0.3 is 0 Å². The SMILES string of the molecule is Cc1[nH]nc(C(=O)N[C@H]2COC[C@@H]2N2CCCCC2)c1Cl. The highest BCUT2D eigenvalue weighted by Gasteiger charge is 2.35. The van der Waals surface area contributed by atoms with E-state index in [4.69, 9.17) is 16.3 Å². The quantitative estimate of drug-likeness (QED) is 0.884. The number of hydrogen-bond donors (Lipinski definition) is 2. The van der Waals surface area contributed by atoms with E-state index in [2.05, 4.69) is 20.4 Å². The summed E-state index contributed by atoms with van der Waals surface area (Å²) in [6.45, 7) is 5.19. The van der Waals surface area contributed by atoms with Crippen molar-refractivity contribution in [2.75, 3.05) is 26.3 Å². The topological polar surface area (TPSA) is 70.2 Å². The molecule has 6 nitrogen and oxygen atoms in total. The number of piperidine rings is 1. The maximum Gasteiger partial charge on any atom is 0.273 e. The summed E-state index contributed by atoms with van der Waals surface area (Å²) in [6.07, 6.45) is 3.74. The maximum absolute atomic E-state index is 12.3. The highest BCUT2D eigenvalue weighted by Crippen LogP contribution is 2.21. The summed E-state index contributed by atoms with van der Waals surface area (Å²) in [5, 5.41) is 10.1. The standard InChI is InChI=1S/C14H21ClN4O2/c1-9-12(15)13(18-17-9)14(20)16-10-7-21-8-11(10)19-5-3-2-4-6-19/h10-11H,2-8H2,1H3,(H,16,20)(H,17,18)/t10-,11-/m0/s1. The van der Waals surface area contributed by atoms with Crippen LogP contribution in [0.2, 0.25) is 5.02 Å². The number of aryl methyl sites for hydroxylation is 1. The molecule has 0 aliphatic carbocycles. The fourth-order valence-corrected chi connectivity index (χ4v) is 3.26. The van der Waals surface area contributed by atoms with Crippen molar-refractivity contribution in [3.8, 4) is 0 Å². The van der Waals surface area contributed by atoms with Crippen molar-refractivity contribution in [1.29, 1.82) is 0 Å². The number of aromatic amines is 1. The minimum Gasteiger partial charge on any atom is -0.378 e. The smallest absolute Gasteiger partial charge is 0.273 e. The van der Waals surface area contributed by atoms with Crippen LogP contribution in [0.15, 0.2) is 0 Å². The van der Waals surface area contributed by atoms with Gasteiger partial charge in [-0.25, -0.2) is 0 Å². The van der Waals surface area contributed by atoms with E-state index in [0.717, 1.165) is 13.1 Å². The summed E-state index contributed by atoms with van der Waals surface area (Å²) < 4.78 is 5.58. The first-order chi connectivity index (χ1) is 10.2.